The number of hydrogen-bond donors (Lipinski definition) is 0. The van der Waals surface area contributed by atoms with Crippen LogP contribution in [0, 0.1) is 6.92 Å². The van der Waals surface area contributed by atoms with Crippen LogP contribution in [0.3, 0.4) is 0 Å². The van der Waals surface area contributed by atoms with E-state index < -0.39 is 0 Å². The molecule has 1 saturated heterocycles. The number of carbonyl (C=O) groups is 2. The zero-order valence-corrected chi connectivity index (χ0v) is 19.2. The number of amides is 2. The van der Waals surface area contributed by atoms with Crippen LogP contribution in [-0.2, 0) is 16.0 Å². The van der Waals surface area contributed by atoms with Crippen LogP contribution in [0.2, 0.25) is 0 Å². The lowest BCUT2D eigenvalue weighted by molar-refractivity contribution is -0.137. The maximum absolute atomic E-state index is 13.6. The standard InChI is InChI=1S/C27H27N5O2/c1-20-8-10-22(11-9-20)23-24(30-16-18-31(19-17-30)27-28-13-5-14-29-27)26(34)32(25(23)33)15-12-21-6-3-2-4-7-21/h2-11,13-14H,12,15-19H2,1H3. The molecule has 0 atom stereocenters. The Labute approximate surface area is 199 Å². The molecule has 7 nitrogen and oxygen atoms in total. The van der Waals surface area contributed by atoms with Gasteiger partial charge < -0.3 is 9.80 Å². The SMILES string of the molecule is Cc1ccc(C2=C(N3CCN(c4ncccn4)CC3)C(=O)N(CCc3ccccc3)C2=O)cc1. The van der Waals surface area contributed by atoms with Crippen LogP contribution in [0.1, 0.15) is 16.7 Å². The van der Waals surface area contributed by atoms with Crippen molar-refractivity contribution in [3.05, 3.63) is 95.4 Å². The Morgan fingerprint density at radius 2 is 1.41 bits per heavy atom. The minimum atomic E-state index is -0.214. The molecule has 0 radical (unpaired) electrons. The van der Waals surface area contributed by atoms with Crippen molar-refractivity contribution in [3.8, 4) is 0 Å². The highest BCUT2D eigenvalue weighted by Gasteiger charge is 2.42. The Hall–Kier alpha value is -4.00. The molecule has 7 heteroatoms. The number of rotatable bonds is 6. The molecule has 0 bridgehead atoms. The van der Waals surface area contributed by atoms with Gasteiger partial charge in [-0.25, -0.2) is 9.97 Å². The molecular formula is C27H27N5O2. The number of aromatic nitrogens is 2. The van der Waals surface area contributed by atoms with Gasteiger partial charge in [0.2, 0.25) is 5.95 Å². The van der Waals surface area contributed by atoms with Gasteiger partial charge in [0.15, 0.2) is 0 Å². The molecule has 0 N–H and O–H groups in total. The van der Waals surface area contributed by atoms with Crippen molar-refractivity contribution in [1.82, 2.24) is 19.8 Å². The number of carbonyl (C=O) groups excluding carboxylic acids is 2. The zero-order chi connectivity index (χ0) is 23.5. The van der Waals surface area contributed by atoms with E-state index in [4.69, 9.17) is 0 Å². The maximum atomic E-state index is 13.6. The van der Waals surface area contributed by atoms with Crippen LogP contribution in [0.15, 0.2) is 78.8 Å². The molecule has 0 spiro atoms. The fourth-order valence-corrected chi connectivity index (χ4v) is 4.51. The Kier molecular flexibility index (Phi) is 6.08. The van der Waals surface area contributed by atoms with Crippen LogP contribution in [0.4, 0.5) is 5.95 Å². The third-order valence-corrected chi connectivity index (χ3v) is 6.38. The highest BCUT2D eigenvalue weighted by Crippen LogP contribution is 2.32. The molecule has 2 aliphatic heterocycles. The molecule has 2 amide bonds. The summed E-state index contributed by atoms with van der Waals surface area (Å²) >= 11 is 0. The molecule has 3 aromatic rings. The summed E-state index contributed by atoms with van der Waals surface area (Å²) in [6.45, 7) is 4.97. The van der Waals surface area contributed by atoms with E-state index in [1.54, 1.807) is 18.5 Å². The van der Waals surface area contributed by atoms with Crippen molar-refractivity contribution in [1.29, 1.82) is 0 Å². The zero-order valence-electron chi connectivity index (χ0n) is 19.2. The van der Waals surface area contributed by atoms with Gasteiger partial charge in [0, 0.05) is 45.1 Å². The highest BCUT2D eigenvalue weighted by molar-refractivity contribution is 6.35. The minimum Gasteiger partial charge on any atom is -0.363 e. The van der Waals surface area contributed by atoms with Gasteiger partial charge in [0.05, 0.1) is 5.57 Å². The topological polar surface area (TPSA) is 69.6 Å². The molecule has 34 heavy (non-hydrogen) atoms. The lowest BCUT2D eigenvalue weighted by atomic mass is 10.0. The van der Waals surface area contributed by atoms with Gasteiger partial charge >= 0.3 is 0 Å². The minimum absolute atomic E-state index is 0.207. The molecule has 0 unspecified atom stereocenters. The summed E-state index contributed by atoms with van der Waals surface area (Å²) in [7, 11) is 0. The second-order valence-corrected chi connectivity index (χ2v) is 8.61. The fourth-order valence-electron chi connectivity index (χ4n) is 4.51. The predicted molar refractivity (Wildman–Crippen MR) is 131 cm³/mol. The van der Waals surface area contributed by atoms with E-state index in [0.29, 0.717) is 56.4 Å². The first-order chi connectivity index (χ1) is 16.6. The molecule has 5 rings (SSSR count). The molecule has 2 aliphatic rings. The summed E-state index contributed by atoms with van der Waals surface area (Å²) in [5, 5.41) is 0. The third-order valence-electron chi connectivity index (χ3n) is 6.38. The first kappa shape index (κ1) is 21.8. The molecule has 0 saturated carbocycles. The Bertz CT molecular complexity index is 1200. The molecular weight excluding hydrogens is 426 g/mol. The Morgan fingerprint density at radius 3 is 2.09 bits per heavy atom. The number of piperazine rings is 1. The molecule has 2 aromatic carbocycles. The van der Waals surface area contributed by atoms with Crippen molar-refractivity contribution in [2.75, 3.05) is 37.6 Å². The molecule has 1 fully saturated rings. The maximum Gasteiger partial charge on any atom is 0.277 e. The van der Waals surface area contributed by atoms with Crippen LogP contribution in [0.5, 0.6) is 0 Å². The Morgan fingerprint density at radius 1 is 0.765 bits per heavy atom. The van der Waals surface area contributed by atoms with Gasteiger partial charge in [-0.15, -0.1) is 0 Å². The lowest BCUT2D eigenvalue weighted by Gasteiger charge is -2.36. The summed E-state index contributed by atoms with van der Waals surface area (Å²) in [4.78, 5) is 41.4. The number of imide groups is 1. The van der Waals surface area contributed by atoms with E-state index in [0.717, 1.165) is 16.7 Å². The van der Waals surface area contributed by atoms with Crippen molar-refractivity contribution in [2.45, 2.75) is 13.3 Å². The first-order valence-corrected chi connectivity index (χ1v) is 11.6. The summed E-state index contributed by atoms with van der Waals surface area (Å²) < 4.78 is 0. The average molecular weight is 454 g/mol. The summed E-state index contributed by atoms with van der Waals surface area (Å²) in [5.74, 6) is 0.266. The smallest absolute Gasteiger partial charge is 0.277 e. The van der Waals surface area contributed by atoms with Crippen molar-refractivity contribution in [3.63, 3.8) is 0 Å². The van der Waals surface area contributed by atoms with Gasteiger partial charge in [0.25, 0.3) is 11.8 Å². The lowest BCUT2D eigenvalue weighted by Crippen LogP contribution is -2.48. The van der Waals surface area contributed by atoms with E-state index in [1.165, 1.54) is 4.90 Å². The van der Waals surface area contributed by atoms with E-state index in [2.05, 4.69) is 19.8 Å². The van der Waals surface area contributed by atoms with Crippen LogP contribution in [-0.4, -0.2) is 64.3 Å². The van der Waals surface area contributed by atoms with E-state index in [9.17, 15) is 9.59 Å². The summed E-state index contributed by atoms with van der Waals surface area (Å²) in [6.07, 6.45) is 4.10. The fraction of sp³-hybridized carbons (Fsp3) is 0.259. The van der Waals surface area contributed by atoms with E-state index in [1.807, 2.05) is 61.5 Å². The molecule has 1 aromatic heterocycles. The predicted octanol–water partition coefficient (Wildman–Crippen LogP) is 2.93. The van der Waals surface area contributed by atoms with Gasteiger partial charge in [-0.05, 0) is 30.5 Å². The first-order valence-electron chi connectivity index (χ1n) is 11.6. The van der Waals surface area contributed by atoms with Crippen molar-refractivity contribution in [2.24, 2.45) is 0 Å². The largest absolute Gasteiger partial charge is 0.363 e. The highest BCUT2D eigenvalue weighted by atomic mass is 16.2. The van der Waals surface area contributed by atoms with Crippen LogP contribution in [0.25, 0.3) is 5.57 Å². The number of anilines is 1. The van der Waals surface area contributed by atoms with Gasteiger partial charge in [0.1, 0.15) is 5.70 Å². The number of aryl methyl sites for hydroxylation is 1. The number of benzene rings is 2. The molecule has 3 heterocycles. The van der Waals surface area contributed by atoms with Gasteiger partial charge in [-0.1, -0.05) is 60.2 Å². The summed E-state index contributed by atoms with van der Waals surface area (Å²) in [5.41, 5.74) is 4.01. The molecule has 172 valence electrons. The van der Waals surface area contributed by atoms with Crippen LogP contribution < -0.4 is 4.90 Å². The van der Waals surface area contributed by atoms with Crippen molar-refractivity contribution >= 4 is 23.3 Å². The van der Waals surface area contributed by atoms with Gasteiger partial charge in [-0.3, -0.25) is 14.5 Å². The van der Waals surface area contributed by atoms with E-state index in [-0.39, 0.29) is 11.8 Å². The second-order valence-electron chi connectivity index (χ2n) is 8.61. The number of hydrogen-bond acceptors (Lipinski definition) is 6. The molecule has 0 aliphatic carbocycles. The quantitative estimate of drug-likeness (QED) is 0.535. The monoisotopic (exact) mass is 453 g/mol. The number of nitrogens with zero attached hydrogens (tertiary/aromatic N) is 5. The van der Waals surface area contributed by atoms with Crippen molar-refractivity contribution < 1.29 is 9.59 Å². The average Bonchev–Trinajstić information content (AvgIpc) is 3.13. The summed E-state index contributed by atoms with van der Waals surface area (Å²) in [6, 6.07) is 19.6. The Balaban J connectivity index is 1.41. The van der Waals surface area contributed by atoms with Crippen LogP contribution >= 0.6 is 0 Å². The third kappa shape index (κ3) is 4.29. The van der Waals surface area contributed by atoms with E-state index >= 15 is 0 Å². The van der Waals surface area contributed by atoms with Gasteiger partial charge in [-0.2, -0.15) is 0 Å². The normalized spacial score (nSPS) is 16.6. The second kappa shape index (κ2) is 9.47.